The Morgan fingerprint density at radius 3 is 2.37 bits per heavy atom. The molecule has 1 fully saturated rings. The van der Waals surface area contributed by atoms with Crippen LogP contribution < -0.4 is 14.8 Å². The van der Waals surface area contributed by atoms with Gasteiger partial charge in [-0.25, -0.2) is 4.98 Å². The van der Waals surface area contributed by atoms with Crippen molar-refractivity contribution in [2.75, 3.05) is 26.6 Å². The number of aromatic amines is 1. The second kappa shape index (κ2) is 14.9. The molecule has 2 heterocycles. The molecule has 0 saturated heterocycles. The van der Waals surface area contributed by atoms with Crippen LogP contribution in [0.15, 0.2) is 34.8 Å². The van der Waals surface area contributed by atoms with E-state index < -0.39 is 0 Å². The maximum atomic E-state index is 13.3. The number of anilines is 1. The van der Waals surface area contributed by atoms with Crippen molar-refractivity contribution in [2.45, 2.75) is 65.7 Å². The Morgan fingerprint density at radius 1 is 1.02 bits per heavy atom. The van der Waals surface area contributed by atoms with E-state index in [0.717, 1.165) is 55.8 Å². The Kier molecular flexibility index (Phi) is 11.3. The van der Waals surface area contributed by atoms with Gasteiger partial charge in [-0.1, -0.05) is 43.7 Å². The van der Waals surface area contributed by atoms with Crippen molar-refractivity contribution >= 4 is 55.2 Å². The number of rotatable bonds is 8. The van der Waals surface area contributed by atoms with Gasteiger partial charge < -0.3 is 19.2 Å². The summed E-state index contributed by atoms with van der Waals surface area (Å²) in [6.45, 7) is 5.48. The lowest BCUT2D eigenvalue weighted by Gasteiger charge is -2.21. The molecule has 1 aliphatic carbocycles. The number of amides is 1. The lowest BCUT2D eigenvalue weighted by Crippen LogP contribution is -2.12. The Morgan fingerprint density at radius 2 is 1.72 bits per heavy atom. The molecule has 1 amide bonds. The summed E-state index contributed by atoms with van der Waals surface area (Å²) in [5, 5.41) is 4.68. The number of halogens is 1. The van der Waals surface area contributed by atoms with Crippen molar-refractivity contribution in [2.24, 2.45) is 5.92 Å². The highest BCUT2D eigenvalue weighted by Crippen LogP contribution is 2.42. The van der Waals surface area contributed by atoms with Gasteiger partial charge in [0.15, 0.2) is 5.13 Å². The highest BCUT2D eigenvalue weighted by Gasteiger charge is 2.22. The summed E-state index contributed by atoms with van der Waals surface area (Å²) in [6.07, 6.45) is 8.65. The van der Waals surface area contributed by atoms with Crippen LogP contribution in [-0.2, 0) is 16.0 Å². The third kappa shape index (κ3) is 8.17. The summed E-state index contributed by atoms with van der Waals surface area (Å²) in [5.41, 5.74) is 5.54. The van der Waals surface area contributed by atoms with Crippen LogP contribution in [0.1, 0.15) is 71.9 Å². The van der Waals surface area contributed by atoms with Crippen molar-refractivity contribution in [3.63, 3.8) is 0 Å². The second-order valence-corrected chi connectivity index (χ2v) is 12.8. The Bertz CT molecular complexity index is 1590. The standard InChI is InChI=1S/C30H34BrN3O3S.C3H6O2/c1-17-12-18(2)27-20(13-17)14-23(32-27)29(35)34-30-33-28(21-15-22(31)25(37-4)16-24(21)36-3)26(38-30)11-10-19-8-6-5-7-9-19;1-3(4)5-2/h12-16,19,32H,5-11H2,1-4H3,(H,33,34,35);1-2H3. The largest absolute Gasteiger partial charge is 0.496 e. The topological polar surface area (TPSA) is 103 Å². The first-order chi connectivity index (χ1) is 20.6. The summed E-state index contributed by atoms with van der Waals surface area (Å²) < 4.78 is 16.2. The Hall–Kier alpha value is -3.37. The van der Waals surface area contributed by atoms with Crippen molar-refractivity contribution < 1.29 is 23.8 Å². The highest BCUT2D eigenvalue weighted by atomic mass is 79.9. The van der Waals surface area contributed by atoms with Crippen LogP contribution in [0, 0.1) is 19.8 Å². The van der Waals surface area contributed by atoms with E-state index in [2.05, 4.69) is 56.9 Å². The van der Waals surface area contributed by atoms with E-state index in [1.165, 1.54) is 51.7 Å². The van der Waals surface area contributed by atoms with E-state index in [-0.39, 0.29) is 11.9 Å². The normalized spacial score (nSPS) is 13.3. The SMILES string of the molecule is COC(C)=O.COc1cc(OC)c(-c2nc(NC(=O)c3cc4cc(C)cc(C)c4[nH]3)sc2CCC2CCCCC2)cc1Br. The van der Waals surface area contributed by atoms with E-state index in [1.54, 1.807) is 25.6 Å². The number of aryl methyl sites for hydroxylation is 3. The number of nitrogens with zero attached hydrogens (tertiary/aromatic N) is 1. The molecule has 1 saturated carbocycles. The number of hydrogen-bond acceptors (Lipinski definition) is 7. The first-order valence-electron chi connectivity index (χ1n) is 14.5. The van der Waals surface area contributed by atoms with Crippen LogP contribution in [-0.4, -0.2) is 43.2 Å². The van der Waals surface area contributed by atoms with Gasteiger partial charge in [0.25, 0.3) is 5.91 Å². The molecule has 8 nitrogen and oxygen atoms in total. The van der Waals surface area contributed by atoms with E-state index in [9.17, 15) is 9.59 Å². The smallest absolute Gasteiger partial charge is 0.302 e. The molecule has 4 aromatic rings. The van der Waals surface area contributed by atoms with Crippen molar-refractivity contribution in [3.8, 4) is 22.8 Å². The fourth-order valence-electron chi connectivity index (χ4n) is 5.54. The van der Waals surface area contributed by atoms with Gasteiger partial charge in [-0.3, -0.25) is 14.9 Å². The number of methoxy groups -OCH3 is 3. The van der Waals surface area contributed by atoms with Gasteiger partial charge in [0.1, 0.15) is 17.2 Å². The van der Waals surface area contributed by atoms with Crippen LogP contribution in [0.25, 0.3) is 22.2 Å². The molecule has 2 N–H and O–H groups in total. The zero-order valence-corrected chi connectivity index (χ0v) is 28.1. The number of nitrogens with one attached hydrogen (secondary N) is 2. The maximum Gasteiger partial charge on any atom is 0.302 e. The molecule has 0 spiro atoms. The molecular weight excluding hydrogens is 630 g/mol. The van der Waals surface area contributed by atoms with Gasteiger partial charge in [0.2, 0.25) is 0 Å². The number of carbonyl (C=O) groups excluding carboxylic acids is 2. The van der Waals surface area contributed by atoms with Crippen LogP contribution in [0.4, 0.5) is 5.13 Å². The summed E-state index contributed by atoms with van der Waals surface area (Å²) in [6, 6.07) is 9.98. The molecule has 2 aromatic carbocycles. The van der Waals surface area contributed by atoms with Crippen molar-refractivity contribution in [3.05, 3.63) is 56.5 Å². The number of benzene rings is 2. The van der Waals surface area contributed by atoms with E-state index in [1.807, 2.05) is 18.2 Å². The molecule has 0 aliphatic heterocycles. The molecule has 0 bridgehead atoms. The predicted molar refractivity (Wildman–Crippen MR) is 177 cm³/mol. The average Bonchev–Trinajstić information content (AvgIpc) is 3.61. The van der Waals surface area contributed by atoms with E-state index in [0.29, 0.717) is 22.3 Å². The average molecular weight is 671 g/mol. The molecule has 0 atom stereocenters. The van der Waals surface area contributed by atoms with Crippen molar-refractivity contribution in [1.82, 2.24) is 9.97 Å². The first kappa shape index (κ1) is 32.5. The summed E-state index contributed by atoms with van der Waals surface area (Å²) in [4.78, 5) is 32.3. The van der Waals surface area contributed by atoms with Gasteiger partial charge in [-0.15, -0.1) is 11.3 Å². The van der Waals surface area contributed by atoms with E-state index in [4.69, 9.17) is 14.5 Å². The lowest BCUT2D eigenvalue weighted by molar-refractivity contribution is -0.137. The molecule has 5 rings (SSSR count). The fourth-order valence-corrected chi connectivity index (χ4v) is 7.03. The summed E-state index contributed by atoms with van der Waals surface area (Å²) >= 11 is 5.17. The lowest BCUT2D eigenvalue weighted by atomic mass is 9.86. The zero-order chi connectivity index (χ0) is 31.1. The number of hydrogen-bond donors (Lipinski definition) is 2. The maximum absolute atomic E-state index is 13.3. The quantitative estimate of drug-likeness (QED) is 0.182. The molecule has 0 radical (unpaired) electrons. The summed E-state index contributed by atoms with van der Waals surface area (Å²) in [7, 11) is 4.64. The number of thiazole rings is 1. The molecule has 43 heavy (non-hydrogen) atoms. The minimum absolute atomic E-state index is 0.194. The van der Waals surface area contributed by atoms with Gasteiger partial charge in [0, 0.05) is 34.3 Å². The third-order valence-corrected chi connectivity index (χ3v) is 9.40. The number of carbonyl (C=O) groups is 2. The van der Waals surface area contributed by atoms with Crippen LogP contribution >= 0.6 is 27.3 Å². The van der Waals surface area contributed by atoms with Gasteiger partial charge in [-0.05, 0) is 72.3 Å². The Balaban J connectivity index is 0.000000782. The van der Waals surface area contributed by atoms with E-state index >= 15 is 0 Å². The number of fused-ring (bicyclic) bond motifs is 1. The monoisotopic (exact) mass is 669 g/mol. The Labute approximate surface area is 265 Å². The van der Waals surface area contributed by atoms with Crippen LogP contribution in [0.3, 0.4) is 0 Å². The summed E-state index contributed by atoms with van der Waals surface area (Å²) in [5.74, 6) is 1.70. The highest BCUT2D eigenvalue weighted by molar-refractivity contribution is 9.10. The number of esters is 1. The minimum Gasteiger partial charge on any atom is -0.496 e. The molecular formula is C33H40BrN3O5S. The van der Waals surface area contributed by atoms with Crippen LogP contribution in [0.2, 0.25) is 0 Å². The van der Waals surface area contributed by atoms with Gasteiger partial charge >= 0.3 is 5.97 Å². The van der Waals surface area contributed by atoms with Crippen LogP contribution in [0.5, 0.6) is 11.5 Å². The first-order valence-corrected chi connectivity index (χ1v) is 16.1. The van der Waals surface area contributed by atoms with Crippen molar-refractivity contribution in [1.29, 1.82) is 0 Å². The zero-order valence-electron chi connectivity index (χ0n) is 25.7. The third-order valence-electron chi connectivity index (χ3n) is 7.75. The molecule has 10 heteroatoms. The molecule has 230 valence electrons. The fraction of sp³-hybridized carbons (Fsp3) is 0.424. The molecule has 0 unspecified atom stereocenters. The number of ether oxygens (including phenoxy) is 3. The number of aromatic nitrogens is 2. The number of H-pyrrole nitrogens is 1. The second-order valence-electron chi connectivity index (χ2n) is 10.9. The van der Waals surface area contributed by atoms with Gasteiger partial charge in [0.05, 0.1) is 31.5 Å². The molecule has 1 aliphatic rings. The predicted octanol–water partition coefficient (Wildman–Crippen LogP) is 8.63. The molecule has 2 aromatic heterocycles. The van der Waals surface area contributed by atoms with Gasteiger partial charge in [-0.2, -0.15) is 0 Å². The minimum atomic E-state index is -0.245.